The average Bonchev–Trinajstić information content (AvgIpc) is 3.16. The smallest absolute Gasteiger partial charge is 0.172 e. The van der Waals surface area contributed by atoms with E-state index in [9.17, 15) is 0 Å². The van der Waals surface area contributed by atoms with Gasteiger partial charge in [0.1, 0.15) is 16.2 Å². The van der Waals surface area contributed by atoms with Crippen LogP contribution in [0, 0.1) is 0 Å². The summed E-state index contributed by atoms with van der Waals surface area (Å²) in [5.74, 6) is 0. The largest absolute Gasteiger partial charge is 0.333 e. The topological polar surface area (TPSA) is 67.3 Å². The number of aromatic amines is 1. The quantitative estimate of drug-likeness (QED) is 0.488. The number of hydrogen-bond acceptors (Lipinski definition) is 6. The molecule has 5 rings (SSSR count). The lowest BCUT2D eigenvalue weighted by Gasteiger charge is -1.97. The molecule has 5 nitrogen and oxygen atoms in total. The van der Waals surface area contributed by atoms with Crippen LogP contribution in [-0.4, -0.2) is 24.9 Å². The van der Waals surface area contributed by atoms with Crippen LogP contribution in [0.3, 0.4) is 0 Å². The van der Waals surface area contributed by atoms with Gasteiger partial charge in [0.25, 0.3) is 0 Å². The zero-order chi connectivity index (χ0) is 15.2. The highest BCUT2D eigenvalue weighted by atomic mass is 32.2. The van der Waals surface area contributed by atoms with Crippen LogP contribution in [0.25, 0.3) is 31.5 Å². The molecule has 0 bridgehead atoms. The molecule has 0 radical (unpaired) electrons. The SMILES string of the molecule is c1ccc2[nH]c(Sc3ncnc4c3sc3ncccc34)nc2c1. The Kier molecular flexibility index (Phi) is 2.82. The number of imidazole rings is 1. The number of nitrogens with zero attached hydrogens (tertiary/aromatic N) is 4. The Morgan fingerprint density at radius 2 is 1.96 bits per heavy atom. The van der Waals surface area contributed by atoms with Crippen molar-refractivity contribution < 1.29 is 0 Å². The third-order valence-corrected chi connectivity index (χ3v) is 5.69. The van der Waals surface area contributed by atoms with Gasteiger partial charge in [-0.3, -0.25) is 0 Å². The molecule has 0 saturated carbocycles. The first kappa shape index (κ1) is 13.0. The van der Waals surface area contributed by atoms with Crippen molar-refractivity contribution in [2.24, 2.45) is 0 Å². The molecule has 0 aliphatic rings. The second kappa shape index (κ2) is 5.00. The lowest BCUT2D eigenvalue weighted by atomic mass is 10.3. The molecule has 0 atom stereocenters. The summed E-state index contributed by atoms with van der Waals surface area (Å²) in [6.07, 6.45) is 3.41. The maximum atomic E-state index is 4.60. The highest BCUT2D eigenvalue weighted by molar-refractivity contribution is 7.99. The van der Waals surface area contributed by atoms with E-state index in [4.69, 9.17) is 0 Å². The molecule has 0 saturated heterocycles. The highest BCUT2D eigenvalue weighted by Crippen LogP contribution is 2.38. The van der Waals surface area contributed by atoms with Crippen molar-refractivity contribution in [2.75, 3.05) is 0 Å². The minimum absolute atomic E-state index is 0.830. The molecular weight excluding hydrogens is 326 g/mol. The van der Waals surface area contributed by atoms with E-state index in [1.165, 1.54) is 11.8 Å². The van der Waals surface area contributed by atoms with E-state index in [0.29, 0.717) is 0 Å². The third-order valence-electron chi connectivity index (χ3n) is 3.56. The molecule has 4 aromatic heterocycles. The van der Waals surface area contributed by atoms with Crippen LogP contribution in [-0.2, 0) is 0 Å². The molecular formula is C16H9N5S2. The van der Waals surface area contributed by atoms with Crippen LogP contribution in [0.15, 0.2) is 59.1 Å². The van der Waals surface area contributed by atoms with Crippen molar-refractivity contribution in [2.45, 2.75) is 10.2 Å². The van der Waals surface area contributed by atoms with Crippen LogP contribution in [0.5, 0.6) is 0 Å². The summed E-state index contributed by atoms with van der Waals surface area (Å²) in [5, 5.41) is 2.80. The van der Waals surface area contributed by atoms with Crippen LogP contribution in [0.4, 0.5) is 0 Å². The monoisotopic (exact) mass is 335 g/mol. The molecule has 0 amide bonds. The van der Waals surface area contributed by atoms with E-state index in [2.05, 4.69) is 24.9 Å². The molecule has 1 aromatic carbocycles. The van der Waals surface area contributed by atoms with Gasteiger partial charge in [-0.1, -0.05) is 12.1 Å². The van der Waals surface area contributed by atoms with Crippen molar-refractivity contribution in [1.29, 1.82) is 0 Å². The van der Waals surface area contributed by atoms with E-state index in [0.717, 1.165) is 41.6 Å². The molecule has 0 unspecified atom stereocenters. The molecule has 4 heterocycles. The molecule has 0 aliphatic carbocycles. The molecule has 110 valence electrons. The van der Waals surface area contributed by atoms with Gasteiger partial charge < -0.3 is 4.98 Å². The molecule has 1 N–H and O–H groups in total. The van der Waals surface area contributed by atoms with Gasteiger partial charge in [-0.2, -0.15) is 0 Å². The Hall–Kier alpha value is -2.51. The van der Waals surface area contributed by atoms with Crippen LogP contribution < -0.4 is 0 Å². The fourth-order valence-corrected chi connectivity index (χ4v) is 4.54. The third kappa shape index (κ3) is 2.08. The predicted molar refractivity (Wildman–Crippen MR) is 92.9 cm³/mol. The summed E-state index contributed by atoms with van der Waals surface area (Å²) in [6.45, 7) is 0. The number of para-hydroxylation sites is 2. The van der Waals surface area contributed by atoms with Gasteiger partial charge in [0.15, 0.2) is 5.16 Å². The van der Waals surface area contributed by atoms with Gasteiger partial charge in [0.05, 0.1) is 21.3 Å². The number of benzene rings is 1. The second-order valence-corrected chi connectivity index (χ2v) is 6.95. The van der Waals surface area contributed by atoms with Crippen molar-refractivity contribution in [1.82, 2.24) is 24.9 Å². The maximum absolute atomic E-state index is 4.60. The number of fused-ring (bicyclic) bond motifs is 4. The Labute approximate surface area is 138 Å². The van der Waals surface area contributed by atoms with Gasteiger partial charge in [-0.15, -0.1) is 11.3 Å². The Morgan fingerprint density at radius 3 is 2.91 bits per heavy atom. The van der Waals surface area contributed by atoms with E-state index in [1.54, 1.807) is 23.9 Å². The molecule has 5 aromatic rings. The molecule has 7 heteroatoms. The average molecular weight is 335 g/mol. The standard InChI is InChI=1S/C16H9N5S2/c1-2-6-11-10(5-1)20-16(21-11)23-15-13-12(18-8-19-15)9-4-3-7-17-14(9)22-13/h1-8H,(H,20,21). The lowest BCUT2D eigenvalue weighted by Crippen LogP contribution is -1.84. The number of nitrogens with one attached hydrogen (secondary N) is 1. The summed E-state index contributed by atoms with van der Waals surface area (Å²) in [6, 6.07) is 12.0. The first-order chi connectivity index (χ1) is 11.4. The molecule has 0 fully saturated rings. The number of hydrogen-bond donors (Lipinski definition) is 1. The first-order valence-electron chi connectivity index (χ1n) is 6.99. The summed E-state index contributed by atoms with van der Waals surface area (Å²) < 4.78 is 1.05. The van der Waals surface area contributed by atoms with E-state index >= 15 is 0 Å². The second-order valence-electron chi connectivity index (χ2n) is 4.98. The number of thiophene rings is 1. The fourth-order valence-electron chi connectivity index (χ4n) is 2.53. The van der Waals surface area contributed by atoms with Crippen molar-refractivity contribution >= 4 is 54.6 Å². The Morgan fingerprint density at radius 1 is 1.00 bits per heavy atom. The van der Waals surface area contributed by atoms with E-state index in [1.807, 2.05) is 36.4 Å². The number of rotatable bonds is 2. The minimum Gasteiger partial charge on any atom is -0.333 e. The van der Waals surface area contributed by atoms with Crippen molar-refractivity contribution in [3.63, 3.8) is 0 Å². The summed E-state index contributed by atoms with van der Waals surface area (Å²) in [7, 11) is 0. The van der Waals surface area contributed by atoms with Crippen LogP contribution in [0.1, 0.15) is 0 Å². The number of H-pyrrole nitrogens is 1. The molecule has 0 spiro atoms. The predicted octanol–water partition coefficient (Wildman–Crippen LogP) is 4.27. The Balaban J connectivity index is 1.67. The zero-order valence-corrected chi connectivity index (χ0v) is 13.4. The minimum atomic E-state index is 0.830. The van der Waals surface area contributed by atoms with Gasteiger partial charge in [-0.05, 0) is 36.0 Å². The Bertz CT molecular complexity index is 1130. The zero-order valence-electron chi connectivity index (χ0n) is 11.7. The van der Waals surface area contributed by atoms with Gasteiger partial charge in [0.2, 0.25) is 0 Å². The van der Waals surface area contributed by atoms with Crippen molar-refractivity contribution in [3.8, 4) is 0 Å². The van der Waals surface area contributed by atoms with Crippen LogP contribution >= 0.6 is 23.1 Å². The van der Waals surface area contributed by atoms with Crippen LogP contribution in [0.2, 0.25) is 0 Å². The number of pyridine rings is 1. The summed E-state index contributed by atoms with van der Waals surface area (Å²) in [4.78, 5) is 22.2. The van der Waals surface area contributed by atoms with Gasteiger partial charge >= 0.3 is 0 Å². The lowest BCUT2D eigenvalue weighted by molar-refractivity contribution is 1.05. The van der Waals surface area contributed by atoms with Gasteiger partial charge in [-0.25, -0.2) is 19.9 Å². The maximum Gasteiger partial charge on any atom is 0.172 e. The highest BCUT2D eigenvalue weighted by Gasteiger charge is 2.14. The molecule has 23 heavy (non-hydrogen) atoms. The van der Waals surface area contributed by atoms with Gasteiger partial charge in [0, 0.05) is 11.6 Å². The fraction of sp³-hybridized carbons (Fsp3) is 0. The normalized spacial score (nSPS) is 11.7. The summed E-state index contributed by atoms with van der Waals surface area (Å²) in [5.41, 5.74) is 2.93. The first-order valence-corrected chi connectivity index (χ1v) is 8.62. The number of aromatic nitrogens is 5. The summed E-state index contributed by atoms with van der Waals surface area (Å²) >= 11 is 3.14. The van der Waals surface area contributed by atoms with Crippen molar-refractivity contribution in [3.05, 3.63) is 48.9 Å². The van der Waals surface area contributed by atoms with E-state index < -0.39 is 0 Å². The molecule has 0 aliphatic heterocycles. The van der Waals surface area contributed by atoms with E-state index in [-0.39, 0.29) is 0 Å².